The molecule has 3 N–H and O–H groups in total. The summed E-state index contributed by atoms with van der Waals surface area (Å²) < 4.78 is 0. The van der Waals surface area contributed by atoms with E-state index in [2.05, 4.69) is 24.1 Å². The Kier molecular flexibility index (Phi) is 9.49. The van der Waals surface area contributed by atoms with Gasteiger partial charge in [-0.25, -0.2) is 0 Å². The second kappa shape index (κ2) is 9.93. The van der Waals surface area contributed by atoms with Crippen LogP contribution < -0.4 is 11.1 Å². The van der Waals surface area contributed by atoms with E-state index in [-0.39, 0.29) is 36.8 Å². The molecule has 1 fully saturated rings. The van der Waals surface area contributed by atoms with E-state index in [9.17, 15) is 4.79 Å². The molecule has 0 spiro atoms. The van der Waals surface area contributed by atoms with Crippen LogP contribution in [0, 0.1) is 5.92 Å². The van der Waals surface area contributed by atoms with Gasteiger partial charge in [0.25, 0.3) is 5.91 Å². The van der Waals surface area contributed by atoms with E-state index in [4.69, 9.17) is 5.73 Å². The van der Waals surface area contributed by atoms with Gasteiger partial charge in [0, 0.05) is 36.9 Å². The number of amides is 1. The fourth-order valence-electron chi connectivity index (χ4n) is 2.72. The average Bonchev–Trinajstić information content (AvgIpc) is 2.40. The van der Waals surface area contributed by atoms with Crippen LogP contribution in [0.5, 0.6) is 0 Å². The number of carbonyl (C=O) groups is 1. The highest BCUT2D eigenvalue weighted by atomic mass is 35.5. The summed E-state index contributed by atoms with van der Waals surface area (Å²) in [4.78, 5) is 14.6. The van der Waals surface area contributed by atoms with Crippen molar-refractivity contribution in [2.75, 3.05) is 25.4 Å². The van der Waals surface area contributed by atoms with Crippen LogP contribution in [0.2, 0.25) is 0 Å². The molecule has 1 saturated heterocycles. The molecule has 1 amide bonds. The topological polar surface area (TPSA) is 58.4 Å². The summed E-state index contributed by atoms with van der Waals surface area (Å²) in [5.41, 5.74) is 6.98. The zero-order valence-corrected chi connectivity index (χ0v) is 14.9. The number of likely N-dealkylation sites (tertiary alicyclic amines) is 1. The number of piperidine rings is 1. The van der Waals surface area contributed by atoms with Gasteiger partial charge in [-0.05, 0) is 37.0 Å². The number of benzene rings is 1. The summed E-state index contributed by atoms with van der Waals surface area (Å²) in [6.07, 6.45) is 2.06. The molecule has 0 radical (unpaired) electrons. The van der Waals surface area contributed by atoms with Gasteiger partial charge in [-0.3, -0.25) is 4.79 Å². The molecule has 1 aliphatic rings. The lowest BCUT2D eigenvalue weighted by atomic mass is 10.0. The molecule has 2 rings (SSSR count). The number of rotatable bonds is 4. The summed E-state index contributed by atoms with van der Waals surface area (Å²) in [6.45, 7) is 7.78. The highest BCUT2D eigenvalue weighted by molar-refractivity contribution is 5.95. The number of nitrogens with one attached hydrogen (secondary N) is 1. The molecule has 126 valence electrons. The van der Waals surface area contributed by atoms with Crippen molar-refractivity contribution in [1.29, 1.82) is 0 Å². The van der Waals surface area contributed by atoms with E-state index in [0.717, 1.165) is 32.5 Å². The zero-order chi connectivity index (χ0) is 14.5. The normalized spacial score (nSPS) is 15.8. The van der Waals surface area contributed by atoms with Crippen LogP contribution in [0.3, 0.4) is 0 Å². The maximum atomic E-state index is 12.1. The maximum absolute atomic E-state index is 12.1. The molecule has 6 heteroatoms. The number of anilines is 1. The van der Waals surface area contributed by atoms with Crippen molar-refractivity contribution in [3.05, 3.63) is 29.8 Å². The zero-order valence-electron chi connectivity index (χ0n) is 13.2. The summed E-state index contributed by atoms with van der Waals surface area (Å²) in [6, 6.07) is 7.42. The monoisotopic (exact) mass is 347 g/mol. The Morgan fingerprint density at radius 3 is 2.50 bits per heavy atom. The van der Waals surface area contributed by atoms with E-state index in [1.165, 1.54) is 0 Å². The van der Waals surface area contributed by atoms with E-state index >= 15 is 0 Å². The van der Waals surface area contributed by atoms with Gasteiger partial charge >= 0.3 is 0 Å². The smallest absolute Gasteiger partial charge is 0.251 e. The van der Waals surface area contributed by atoms with Crippen LogP contribution in [0.25, 0.3) is 0 Å². The van der Waals surface area contributed by atoms with Crippen LogP contribution >= 0.6 is 24.8 Å². The molecular weight excluding hydrogens is 321 g/mol. The summed E-state index contributed by atoms with van der Waals surface area (Å²) in [5, 5.41) is 3.12. The predicted molar refractivity (Wildman–Crippen MR) is 97.1 cm³/mol. The number of hydrogen-bond acceptors (Lipinski definition) is 3. The molecule has 1 heterocycles. The molecular formula is C16H27Cl2N3O. The first-order valence-electron chi connectivity index (χ1n) is 7.43. The predicted octanol–water partition coefficient (Wildman–Crippen LogP) is 2.96. The third-order valence-corrected chi connectivity index (χ3v) is 3.69. The number of halogens is 2. The molecule has 0 saturated carbocycles. The number of nitrogens with two attached hydrogens (primary N) is 1. The van der Waals surface area contributed by atoms with Gasteiger partial charge in [0.1, 0.15) is 0 Å². The highest BCUT2D eigenvalue weighted by Gasteiger charge is 2.21. The van der Waals surface area contributed by atoms with Crippen LogP contribution in [0.4, 0.5) is 5.69 Å². The Labute approximate surface area is 145 Å². The SMILES string of the molecule is CC(C)CN1CCC(NC(=O)c2cccc(N)c2)CC1.Cl.Cl. The largest absolute Gasteiger partial charge is 0.399 e. The quantitative estimate of drug-likeness (QED) is 0.823. The van der Waals surface area contributed by atoms with Gasteiger partial charge in [-0.2, -0.15) is 0 Å². The van der Waals surface area contributed by atoms with Gasteiger partial charge in [-0.15, -0.1) is 24.8 Å². The second-order valence-electron chi connectivity index (χ2n) is 6.07. The minimum Gasteiger partial charge on any atom is -0.399 e. The fraction of sp³-hybridized carbons (Fsp3) is 0.562. The molecule has 22 heavy (non-hydrogen) atoms. The van der Waals surface area contributed by atoms with Gasteiger partial charge in [0.05, 0.1) is 0 Å². The first-order chi connectivity index (χ1) is 9.54. The molecule has 0 aromatic heterocycles. The Balaban J connectivity index is 0.00000220. The number of nitrogen functional groups attached to an aromatic ring is 1. The van der Waals surface area contributed by atoms with Crippen LogP contribution in [0.1, 0.15) is 37.0 Å². The van der Waals surface area contributed by atoms with Crippen molar-refractivity contribution in [3.63, 3.8) is 0 Å². The van der Waals surface area contributed by atoms with E-state index in [1.54, 1.807) is 18.2 Å². The lowest BCUT2D eigenvalue weighted by molar-refractivity contribution is 0.0907. The third-order valence-electron chi connectivity index (χ3n) is 3.69. The number of nitrogens with zero attached hydrogens (tertiary/aromatic N) is 1. The van der Waals surface area contributed by atoms with Crippen molar-refractivity contribution in [3.8, 4) is 0 Å². The van der Waals surface area contributed by atoms with Gasteiger partial charge in [0.15, 0.2) is 0 Å². The Morgan fingerprint density at radius 2 is 1.95 bits per heavy atom. The average molecular weight is 348 g/mol. The fourth-order valence-corrected chi connectivity index (χ4v) is 2.72. The third kappa shape index (κ3) is 6.42. The van der Waals surface area contributed by atoms with Gasteiger partial charge in [0.2, 0.25) is 0 Å². The van der Waals surface area contributed by atoms with E-state index < -0.39 is 0 Å². The first-order valence-corrected chi connectivity index (χ1v) is 7.43. The van der Waals surface area contributed by atoms with Crippen molar-refractivity contribution in [2.24, 2.45) is 5.92 Å². The minimum absolute atomic E-state index is 0. The van der Waals surface area contributed by atoms with Crippen LogP contribution in [0.15, 0.2) is 24.3 Å². The maximum Gasteiger partial charge on any atom is 0.251 e. The first kappa shape index (κ1) is 21.0. The molecule has 0 bridgehead atoms. The van der Waals surface area contributed by atoms with Crippen LogP contribution in [-0.2, 0) is 0 Å². The molecule has 0 unspecified atom stereocenters. The molecule has 0 atom stereocenters. The Morgan fingerprint density at radius 1 is 1.32 bits per heavy atom. The summed E-state index contributed by atoms with van der Waals surface area (Å²) >= 11 is 0. The molecule has 1 aromatic carbocycles. The lowest BCUT2D eigenvalue weighted by Crippen LogP contribution is -2.45. The molecule has 0 aliphatic carbocycles. The number of carbonyl (C=O) groups excluding carboxylic acids is 1. The summed E-state index contributed by atoms with van der Waals surface area (Å²) in [7, 11) is 0. The minimum atomic E-state index is -0.0143. The number of hydrogen-bond donors (Lipinski definition) is 2. The van der Waals surface area contributed by atoms with Crippen molar-refractivity contribution >= 4 is 36.4 Å². The molecule has 1 aliphatic heterocycles. The Hall–Kier alpha value is -0.970. The van der Waals surface area contributed by atoms with Crippen molar-refractivity contribution in [1.82, 2.24) is 10.2 Å². The standard InChI is InChI=1S/C16H25N3O.2ClH/c1-12(2)11-19-8-6-15(7-9-19)18-16(20)13-4-3-5-14(17)10-13;;/h3-5,10,12,15H,6-9,11,17H2,1-2H3,(H,18,20);2*1H. The highest BCUT2D eigenvalue weighted by Crippen LogP contribution is 2.13. The second-order valence-corrected chi connectivity index (χ2v) is 6.07. The lowest BCUT2D eigenvalue weighted by Gasteiger charge is -2.33. The molecule has 4 nitrogen and oxygen atoms in total. The van der Waals surface area contributed by atoms with E-state index in [0.29, 0.717) is 17.2 Å². The summed E-state index contributed by atoms with van der Waals surface area (Å²) in [5.74, 6) is 0.688. The van der Waals surface area contributed by atoms with Crippen molar-refractivity contribution in [2.45, 2.75) is 32.7 Å². The molecule has 1 aromatic rings. The Bertz CT molecular complexity index is 460. The van der Waals surface area contributed by atoms with Crippen molar-refractivity contribution < 1.29 is 4.79 Å². The van der Waals surface area contributed by atoms with Gasteiger partial charge < -0.3 is 16.0 Å². The van der Waals surface area contributed by atoms with E-state index in [1.807, 2.05) is 6.07 Å². The van der Waals surface area contributed by atoms with Gasteiger partial charge in [-0.1, -0.05) is 19.9 Å². The van der Waals surface area contributed by atoms with Crippen LogP contribution in [-0.4, -0.2) is 36.5 Å².